The second-order valence-corrected chi connectivity index (χ2v) is 4.78. The number of hydrogen-bond acceptors (Lipinski definition) is 3. The first-order valence-corrected chi connectivity index (χ1v) is 6.97. The summed E-state index contributed by atoms with van der Waals surface area (Å²) in [5, 5.41) is 8.69. The Bertz CT molecular complexity index is 569. The van der Waals surface area contributed by atoms with E-state index in [-0.39, 0.29) is 6.42 Å². The van der Waals surface area contributed by atoms with E-state index in [1.54, 1.807) is 0 Å². The fourth-order valence-corrected chi connectivity index (χ4v) is 2.04. The van der Waals surface area contributed by atoms with Crippen molar-refractivity contribution in [3.63, 3.8) is 0 Å². The molecule has 0 radical (unpaired) electrons. The molecule has 0 fully saturated rings. The summed E-state index contributed by atoms with van der Waals surface area (Å²) in [7, 11) is 0. The van der Waals surface area contributed by atoms with Gasteiger partial charge in [-0.2, -0.15) is 0 Å². The van der Waals surface area contributed by atoms with Gasteiger partial charge in [0.05, 0.1) is 12.3 Å². The lowest BCUT2D eigenvalue weighted by atomic mass is 10.1. The highest BCUT2D eigenvalue weighted by Crippen LogP contribution is 2.18. The van der Waals surface area contributed by atoms with E-state index in [4.69, 9.17) is 9.94 Å². The van der Waals surface area contributed by atoms with Crippen LogP contribution >= 0.6 is 0 Å². The Balaban J connectivity index is 1.86. The van der Waals surface area contributed by atoms with Crippen molar-refractivity contribution in [3.8, 4) is 0 Å². The molecule has 0 unspecified atom stereocenters. The molecule has 0 aliphatic rings. The van der Waals surface area contributed by atoms with Crippen LogP contribution in [0.1, 0.15) is 24.0 Å². The van der Waals surface area contributed by atoms with E-state index in [1.165, 1.54) is 0 Å². The van der Waals surface area contributed by atoms with Gasteiger partial charge in [0.2, 0.25) is 0 Å². The van der Waals surface area contributed by atoms with Crippen LogP contribution in [0.25, 0.3) is 0 Å². The lowest BCUT2D eigenvalue weighted by Gasteiger charge is -2.11. The topological polar surface area (TPSA) is 58.6 Å². The van der Waals surface area contributed by atoms with Gasteiger partial charge in [-0.15, -0.1) is 0 Å². The van der Waals surface area contributed by atoms with E-state index in [9.17, 15) is 4.79 Å². The highest BCUT2D eigenvalue weighted by Gasteiger charge is 2.03. The second-order valence-electron chi connectivity index (χ2n) is 4.78. The van der Waals surface area contributed by atoms with Crippen LogP contribution in [-0.2, 0) is 22.7 Å². The number of rotatable bonds is 8. The molecule has 2 aromatic carbocycles. The van der Waals surface area contributed by atoms with Gasteiger partial charge >= 0.3 is 5.97 Å². The van der Waals surface area contributed by atoms with Gasteiger partial charge in [0.15, 0.2) is 0 Å². The van der Waals surface area contributed by atoms with E-state index in [0.717, 1.165) is 16.8 Å². The first-order chi connectivity index (χ1) is 10.3. The Morgan fingerprint density at radius 3 is 2.52 bits per heavy atom. The van der Waals surface area contributed by atoms with Crippen molar-refractivity contribution in [3.05, 3.63) is 65.7 Å². The molecule has 2 N–H and O–H groups in total. The van der Waals surface area contributed by atoms with Crippen LogP contribution in [0, 0.1) is 0 Å². The molecule has 110 valence electrons. The van der Waals surface area contributed by atoms with Crippen molar-refractivity contribution in [1.82, 2.24) is 0 Å². The summed E-state index contributed by atoms with van der Waals surface area (Å²) in [6.45, 7) is 0.476. The van der Waals surface area contributed by atoms with Crippen LogP contribution in [-0.4, -0.2) is 11.1 Å². The van der Waals surface area contributed by atoms with E-state index in [1.807, 2.05) is 54.6 Å². The van der Waals surface area contributed by atoms with Crippen molar-refractivity contribution in [2.75, 3.05) is 5.48 Å². The lowest BCUT2D eigenvalue weighted by molar-refractivity contribution is -0.137. The van der Waals surface area contributed by atoms with E-state index in [2.05, 4.69) is 5.48 Å². The zero-order chi connectivity index (χ0) is 14.9. The largest absolute Gasteiger partial charge is 0.481 e. The van der Waals surface area contributed by atoms with Crippen molar-refractivity contribution >= 4 is 11.7 Å². The average Bonchev–Trinajstić information content (AvgIpc) is 2.49. The SMILES string of the molecule is O=C(O)CCCc1ccccc1NOCc1ccccc1. The molecule has 0 heterocycles. The number of anilines is 1. The fourth-order valence-electron chi connectivity index (χ4n) is 2.04. The molecular formula is C17H19NO3. The molecule has 0 aromatic heterocycles. The summed E-state index contributed by atoms with van der Waals surface area (Å²) in [5.74, 6) is -0.763. The van der Waals surface area contributed by atoms with Crippen molar-refractivity contribution < 1.29 is 14.7 Å². The average molecular weight is 285 g/mol. The summed E-state index contributed by atoms with van der Waals surface area (Å²) < 4.78 is 0. The number of carboxylic acid groups (broad SMARTS) is 1. The third kappa shape index (κ3) is 5.28. The summed E-state index contributed by atoms with van der Waals surface area (Å²) >= 11 is 0. The molecule has 4 heteroatoms. The van der Waals surface area contributed by atoms with Gasteiger partial charge in [-0.3, -0.25) is 15.1 Å². The molecule has 21 heavy (non-hydrogen) atoms. The normalized spacial score (nSPS) is 10.3. The number of para-hydroxylation sites is 1. The van der Waals surface area contributed by atoms with Crippen LogP contribution in [0.5, 0.6) is 0 Å². The molecule has 0 saturated carbocycles. The molecule has 0 aliphatic carbocycles. The van der Waals surface area contributed by atoms with Crippen LogP contribution in [0.3, 0.4) is 0 Å². The summed E-state index contributed by atoms with van der Waals surface area (Å²) in [6, 6.07) is 17.7. The highest BCUT2D eigenvalue weighted by molar-refractivity contribution is 5.66. The minimum Gasteiger partial charge on any atom is -0.481 e. The molecule has 0 amide bonds. The maximum Gasteiger partial charge on any atom is 0.303 e. The first-order valence-electron chi connectivity index (χ1n) is 6.97. The minimum atomic E-state index is -0.763. The minimum absolute atomic E-state index is 0.180. The molecule has 2 aromatic rings. The number of carbonyl (C=O) groups is 1. The highest BCUT2D eigenvalue weighted by atomic mass is 16.6. The van der Waals surface area contributed by atoms with Crippen molar-refractivity contribution in [2.24, 2.45) is 0 Å². The summed E-state index contributed by atoms with van der Waals surface area (Å²) in [4.78, 5) is 16.1. The first kappa shape index (κ1) is 15.1. The van der Waals surface area contributed by atoms with Crippen LogP contribution in [0.15, 0.2) is 54.6 Å². The maximum absolute atomic E-state index is 10.6. The Kier molecular flexibility index (Phi) is 5.79. The predicted molar refractivity (Wildman–Crippen MR) is 81.9 cm³/mol. The standard InChI is InChI=1S/C17H19NO3/c19-17(20)12-6-10-15-9-4-5-11-16(15)18-21-13-14-7-2-1-3-8-14/h1-5,7-9,11,18H,6,10,12-13H2,(H,19,20). The molecule has 4 nitrogen and oxygen atoms in total. The fraction of sp³-hybridized carbons (Fsp3) is 0.235. The maximum atomic E-state index is 10.6. The molecule has 0 atom stereocenters. The van der Waals surface area contributed by atoms with Gasteiger partial charge in [0, 0.05) is 6.42 Å². The Morgan fingerprint density at radius 2 is 1.76 bits per heavy atom. The second kappa shape index (κ2) is 8.07. The van der Waals surface area contributed by atoms with Gasteiger partial charge < -0.3 is 5.11 Å². The predicted octanol–water partition coefficient (Wildman–Crippen LogP) is 3.64. The van der Waals surface area contributed by atoms with Gasteiger partial charge in [0.25, 0.3) is 0 Å². The summed E-state index contributed by atoms with van der Waals surface area (Å²) in [6.07, 6.45) is 1.51. The third-order valence-electron chi connectivity index (χ3n) is 3.12. The molecule has 0 saturated heterocycles. The van der Waals surface area contributed by atoms with E-state index < -0.39 is 5.97 Å². The number of benzene rings is 2. The van der Waals surface area contributed by atoms with Gasteiger partial charge in [0.1, 0.15) is 0 Å². The van der Waals surface area contributed by atoms with Gasteiger partial charge in [-0.25, -0.2) is 0 Å². The lowest BCUT2D eigenvalue weighted by Crippen LogP contribution is -2.04. The third-order valence-corrected chi connectivity index (χ3v) is 3.12. The number of nitrogens with one attached hydrogen (secondary N) is 1. The number of aliphatic carboxylic acids is 1. The number of hydrogen-bond donors (Lipinski definition) is 2. The Hall–Kier alpha value is -2.33. The number of aryl methyl sites for hydroxylation is 1. The molecule has 2 rings (SSSR count). The molecule has 0 bridgehead atoms. The molecular weight excluding hydrogens is 266 g/mol. The zero-order valence-electron chi connectivity index (χ0n) is 11.8. The molecule has 0 spiro atoms. The smallest absolute Gasteiger partial charge is 0.303 e. The van der Waals surface area contributed by atoms with Crippen LogP contribution in [0.4, 0.5) is 5.69 Å². The Labute approximate surface area is 124 Å². The van der Waals surface area contributed by atoms with E-state index in [0.29, 0.717) is 19.4 Å². The van der Waals surface area contributed by atoms with Crippen LogP contribution < -0.4 is 5.48 Å². The van der Waals surface area contributed by atoms with E-state index >= 15 is 0 Å². The zero-order valence-corrected chi connectivity index (χ0v) is 11.8. The van der Waals surface area contributed by atoms with Crippen molar-refractivity contribution in [1.29, 1.82) is 0 Å². The van der Waals surface area contributed by atoms with Gasteiger partial charge in [-0.05, 0) is 30.0 Å². The Morgan fingerprint density at radius 1 is 1.05 bits per heavy atom. The monoisotopic (exact) mass is 285 g/mol. The van der Waals surface area contributed by atoms with Crippen LogP contribution in [0.2, 0.25) is 0 Å². The quantitative estimate of drug-likeness (QED) is 0.727. The van der Waals surface area contributed by atoms with Gasteiger partial charge in [-0.1, -0.05) is 48.5 Å². The molecule has 0 aliphatic heterocycles. The summed E-state index contributed by atoms with van der Waals surface area (Å²) in [5.41, 5.74) is 5.99. The van der Waals surface area contributed by atoms with Crippen molar-refractivity contribution in [2.45, 2.75) is 25.9 Å². The number of carboxylic acids is 1.